The Labute approximate surface area is 163 Å². The molecule has 8 heteroatoms. The molecule has 0 unspecified atom stereocenters. The van der Waals surface area contributed by atoms with E-state index in [-0.39, 0.29) is 5.56 Å². The Morgan fingerprint density at radius 2 is 1.50 bits per heavy atom. The van der Waals surface area contributed by atoms with Crippen LogP contribution >= 0.6 is 0 Å². The van der Waals surface area contributed by atoms with Crippen LogP contribution in [0, 0.1) is 0 Å². The van der Waals surface area contributed by atoms with Crippen LogP contribution in [0.4, 0.5) is 0 Å². The van der Waals surface area contributed by atoms with Gasteiger partial charge >= 0.3 is 11.9 Å². The molecule has 0 spiro atoms. The molecule has 28 heavy (non-hydrogen) atoms. The first-order valence-electron chi connectivity index (χ1n) is 8.62. The average molecular weight is 382 g/mol. The van der Waals surface area contributed by atoms with E-state index in [0.717, 1.165) is 0 Å². The van der Waals surface area contributed by atoms with E-state index in [2.05, 4.69) is 0 Å². The van der Waals surface area contributed by atoms with Crippen LogP contribution in [0.5, 0.6) is 0 Å². The highest BCUT2D eigenvalue weighted by molar-refractivity contribution is 6.14. The first-order chi connectivity index (χ1) is 13.2. The zero-order valence-electron chi connectivity index (χ0n) is 15.1. The molecule has 3 rings (SSSR count). The molecular formula is C20H19BO7. The van der Waals surface area contributed by atoms with Crippen LogP contribution in [0.15, 0.2) is 60.7 Å². The van der Waals surface area contributed by atoms with E-state index < -0.39 is 42.0 Å². The van der Waals surface area contributed by atoms with Gasteiger partial charge in [0.05, 0.1) is 11.1 Å². The molecule has 4 atom stereocenters. The van der Waals surface area contributed by atoms with Gasteiger partial charge in [-0.1, -0.05) is 36.4 Å². The molecule has 2 aromatic rings. The number of aliphatic hydroxyl groups is 2. The van der Waals surface area contributed by atoms with E-state index in [9.17, 15) is 19.8 Å². The molecule has 144 valence electrons. The normalized spacial score (nSPS) is 29.2. The zero-order valence-corrected chi connectivity index (χ0v) is 15.1. The Hall–Kier alpha value is -2.68. The van der Waals surface area contributed by atoms with E-state index >= 15 is 0 Å². The SMILES string of the molecule is [B][C@@]1(O)O[C@H](COC(=O)c2ccccc2)[C@@H](OC(=O)c2ccccc2)[C@@]1(C)O. The molecule has 0 aromatic heterocycles. The quantitative estimate of drug-likeness (QED) is 0.588. The van der Waals surface area contributed by atoms with Crippen molar-refractivity contribution in [3.8, 4) is 0 Å². The van der Waals surface area contributed by atoms with Crippen LogP contribution in [0.2, 0.25) is 0 Å². The molecular weight excluding hydrogens is 363 g/mol. The van der Waals surface area contributed by atoms with Gasteiger partial charge in [-0.05, 0) is 31.2 Å². The van der Waals surface area contributed by atoms with Crippen molar-refractivity contribution in [3.05, 3.63) is 71.8 Å². The third kappa shape index (κ3) is 3.94. The Morgan fingerprint density at radius 1 is 1.00 bits per heavy atom. The molecule has 1 saturated heterocycles. The lowest BCUT2D eigenvalue weighted by Gasteiger charge is -2.33. The summed E-state index contributed by atoms with van der Waals surface area (Å²) in [6.45, 7) is 0.783. The number of hydrogen-bond acceptors (Lipinski definition) is 7. The second-order valence-electron chi connectivity index (χ2n) is 6.66. The summed E-state index contributed by atoms with van der Waals surface area (Å²) in [5.74, 6) is -1.38. The molecule has 1 fully saturated rings. The summed E-state index contributed by atoms with van der Waals surface area (Å²) in [4.78, 5) is 24.5. The smallest absolute Gasteiger partial charge is 0.338 e. The standard InChI is InChI=1S/C20H19BO7/c1-19(24)16(27-18(23)14-10-6-3-7-11-14)15(28-20(19,21)25)12-26-17(22)13-8-4-2-5-9-13/h2-11,15-16,24-25H,12H2,1H3/t15-,16-,19-,20+/m1/s1. The van der Waals surface area contributed by atoms with Crippen molar-refractivity contribution in [2.45, 2.75) is 30.4 Å². The molecule has 0 saturated carbocycles. The van der Waals surface area contributed by atoms with Crippen molar-refractivity contribution >= 4 is 19.8 Å². The second kappa shape index (κ2) is 7.75. The lowest BCUT2D eigenvalue weighted by atomic mass is 9.77. The Morgan fingerprint density at radius 3 is 2.04 bits per heavy atom. The van der Waals surface area contributed by atoms with Crippen LogP contribution < -0.4 is 0 Å². The third-order valence-corrected chi connectivity index (χ3v) is 4.58. The van der Waals surface area contributed by atoms with Crippen LogP contribution in [0.25, 0.3) is 0 Å². The fourth-order valence-electron chi connectivity index (χ4n) is 2.86. The third-order valence-electron chi connectivity index (χ3n) is 4.58. The molecule has 0 aliphatic carbocycles. The molecule has 0 amide bonds. The van der Waals surface area contributed by atoms with Crippen molar-refractivity contribution < 1.29 is 34.0 Å². The van der Waals surface area contributed by atoms with Gasteiger partial charge in [0.15, 0.2) is 14.0 Å². The first kappa shape index (κ1) is 20.1. The largest absolute Gasteiger partial charge is 0.459 e. The van der Waals surface area contributed by atoms with Gasteiger partial charge in [0.2, 0.25) is 0 Å². The minimum absolute atomic E-state index is 0.241. The maximum atomic E-state index is 12.4. The molecule has 0 bridgehead atoms. The molecule has 2 aromatic carbocycles. The van der Waals surface area contributed by atoms with Gasteiger partial charge in [0.25, 0.3) is 0 Å². The fraction of sp³-hybridized carbons (Fsp3) is 0.300. The second-order valence-corrected chi connectivity index (χ2v) is 6.66. The number of esters is 2. The number of rotatable bonds is 5. The van der Waals surface area contributed by atoms with Crippen molar-refractivity contribution in [1.29, 1.82) is 0 Å². The van der Waals surface area contributed by atoms with Crippen molar-refractivity contribution in [3.63, 3.8) is 0 Å². The topological polar surface area (TPSA) is 102 Å². The molecule has 1 aliphatic heterocycles. The van der Waals surface area contributed by atoms with Crippen LogP contribution in [0.1, 0.15) is 27.6 Å². The summed E-state index contributed by atoms with van der Waals surface area (Å²) in [6, 6.07) is 16.3. The van der Waals surface area contributed by atoms with Crippen LogP contribution in [-0.4, -0.2) is 60.1 Å². The predicted molar refractivity (Wildman–Crippen MR) is 98.6 cm³/mol. The predicted octanol–water partition coefficient (Wildman–Crippen LogP) is 1.03. The van der Waals surface area contributed by atoms with Crippen LogP contribution in [-0.2, 0) is 14.2 Å². The summed E-state index contributed by atoms with van der Waals surface area (Å²) in [5, 5.41) is 20.8. The van der Waals surface area contributed by atoms with Gasteiger partial charge in [-0.15, -0.1) is 0 Å². The highest BCUT2D eigenvalue weighted by Gasteiger charge is 2.61. The first-order valence-corrected chi connectivity index (χ1v) is 8.62. The number of ether oxygens (including phenoxy) is 3. The molecule has 2 N–H and O–H groups in total. The average Bonchev–Trinajstić information content (AvgIpc) is 2.86. The summed E-state index contributed by atoms with van der Waals surface area (Å²) in [6.07, 6.45) is -2.55. The maximum absolute atomic E-state index is 12.4. The van der Waals surface area contributed by atoms with E-state index in [1.807, 2.05) is 0 Å². The fourth-order valence-corrected chi connectivity index (χ4v) is 2.86. The van der Waals surface area contributed by atoms with E-state index in [0.29, 0.717) is 5.56 Å². The van der Waals surface area contributed by atoms with Gasteiger partial charge in [-0.25, -0.2) is 9.59 Å². The number of benzene rings is 2. The monoisotopic (exact) mass is 382 g/mol. The summed E-state index contributed by atoms with van der Waals surface area (Å²) in [5.41, 5.74) is -4.08. The highest BCUT2D eigenvalue weighted by Crippen LogP contribution is 2.38. The van der Waals surface area contributed by atoms with E-state index in [1.54, 1.807) is 48.5 Å². The minimum Gasteiger partial charge on any atom is -0.459 e. The van der Waals surface area contributed by atoms with Crippen molar-refractivity contribution in [1.82, 2.24) is 0 Å². The van der Waals surface area contributed by atoms with E-state index in [1.165, 1.54) is 19.1 Å². The Kier molecular flexibility index (Phi) is 5.55. The zero-order chi connectivity index (χ0) is 20.4. The number of hydrogen-bond donors (Lipinski definition) is 2. The van der Waals surface area contributed by atoms with Gasteiger partial charge in [-0.3, -0.25) is 0 Å². The van der Waals surface area contributed by atoms with Gasteiger partial charge in [-0.2, -0.15) is 0 Å². The molecule has 1 heterocycles. The van der Waals surface area contributed by atoms with Crippen molar-refractivity contribution in [2.24, 2.45) is 0 Å². The minimum atomic E-state index is -2.50. The summed E-state index contributed by atoms with van der Waals surface area (Å²) < 4.78 is 15.8. The summed E-state index contributed by atoms with van der Waals surface area (Å²) >= 11 is 0. The molecule has 7 nitrogen and oxygen atoms in total. The number of carbonyl (C=O) groups excluding carboxylic acids is 2. The number of carbonyl (C=O) groups is 2. The Balaban J connectivity index is 1.74. The Bertz CT molecular complexity index is 836. The van der Waals surface area contributed by atoms with Gasteiger partial charge in [0.1, 0.15) is 24.0 Å². The lowest BCUT2D eigenvalue weighted by molar-refractivity contribution is -0.205. The summed E-state index contributed by atoms with van der Waals surface area (Å²) in [7, 11) is 5.62. The molecule has 1 aliphatic rings. The van der Waals surface area contributed by atoms with Crippen molar-refractivity contribution in [2.75, 3.05) is 6.61 Å². The maximum Gasteiger partial charge on any atom is 0.338 e. The van der Waals surface area contributed by atoms with Gasteiger partial charge < -0.3 is 24.4 Å². The van der Waals surface area contributed by atoms with Gasteiger partial charge in [0, 0.05) is 0 Å². The molecule has 2 radical (unpaired) electrons. The van der Waals surface area contributed by atoms with E-state index in [4.69, 9.17) is 22.1 Å². The van der Waals surface area contributed by atoms with Crippen LogP contribution in [0.3, 0.4) is 0 Å². The highest BCUT2D eigenvalue weighted by atomic mass is 16.7. The lowest BCUT2D eigenvalue weighted by Crippen LogP contribution is -2.56.